The van der Waals surface area contributed by atoms with Gasteiger partial charge in [-0.3, -0.25) is 4.79 Å². The van der Waals surface area contributed by atoms with Crippen molar-refractivity contribution in [2.24, 2.45) is 0 Å². The Kier molecular flexibility index (Phi) is 7.12. The fraction of sp³-hybridized carbons (Fsp3) is 0.0714. The molecule has 0 aliphatic carbocycles. The second kappa shape index (κ2) is 10.6. The van der Waals surface area contributed by atoms with E-state index in [1.165, 1.54) is 7.11 Å². The van der Waals surface area contributed by atoms with Gasteiger partial charge in [0, 0.05) is 10.6 Å². The number of nitrogens with one attached hydrogen (secondary N) is 1. The number of hydrogen-bond donors (Lipinski definition) is 1. The Bertz CT molecular complexity index is 1410. The predicted molar refractivity (Wildman–Crippen MR) is 135 cm³/mol. The SMILES string of the molecule is COc1ccc(Cl)cc1NC(=O)/C(C#N)=C/c1c(OCc2ccccc2)ccc2ccccc12. The van der Waals surface area contributed by atoms with Crippen LogP contribution in [0.5, 0.6) is 11.5 Å². The molecule has 4 rings (SSSR count). The third kappa shape index (κ3) is 5.20. The number of fused-ring (bicyclic) bond motifs is 1. The van der Waals surface area contributed by atoms with Gasteiger partial charge in [-0.25, -0.2) is 0 Å². The van der Waals surface area contributed by atoms with Gasteiger partial charge >= 0.3 is 0 Å². The Hall–Kier alpha value is -4.27. The smallest absolute Gasteiger partial charge is 0.266 e. The lowest BCUT2D eigenvalue weighted by Gasteiger charge is -2.13. The van der Waals surface area contributed by atoms with Crippen molar-refractivity contribution in [3.63, 3.8) is 0 Å². The number of nitrogens with zero attached hydrogens (tertiary/aromatic N) is 1. The van der Waals surface area contributed by atoms with E-state index in [4.69, 9.17) is 21.1 Å². The van der Waals surface area contributed by atoms with Crippen LogP contribution in [0.15, 0.2) is 90.5 Å². The van der Waals surface area contributed by atoms with Crippen molar-refractivity contribution in [2.45, 2.75) is 6.61 Å². The van der Waals surface area contributed by atoms with Gasteiger partial charge in [-0.2, -0.15) is 5.26 Å². The van der Waals surface area contributed by atoms with Crippen LogP contribution in [0, 0.1) is 11.3 Å². The van der Waals surface area contributed by atoms with Crippen LogP contribution in [-0.2, 0) is 11.4 Å². The minimum atomic E-state index is -0.579. The van der Waals surface area contributed by atoms with Gasteiger partial charge in [-0.15, -0.1) is 0 Å². The topological polar surface area (TPSA) is 71.3 Å². The van der Waals surface area contributed by atoms with Crippen LogP contribution in [-0.4, -0.2) is 13.0 Å². The van der Waals surface area contributed by atoms with Gasteiger partial charge in [0.2, 0.25) is 0 Å². The molecule has 0 aliphatic heterocycles. The van der Waals surface area contributed by atoms with Crippen molar-refractivity contribution in [3.8, 4) is 17.6 Å². The molecule has 4 aromatic carbocycles. The standard InChI is InChI=1S/C28H21ClN2O3/c1-33-27-14-12-22(29)16-25(27)31-28(32)21(17-30)15-24-23-10-6-5-9-20(23)11-13-26(24)34-18-19-7-3-2-4-8-19/h2-16H,18H2,1H3,(H,31,32)/b21-15+. The number of ether oxygens (including phenoxy) is 2. The first-order valence-electron chi connectivity index (χ1n) is 10.5. The van der Waals surface area contributed by atoms with Crippen molar-refractivity contribution in [2.75, 3.05) is 12.4 Å². The Morgan fingerprint density at radius 2 is 1.74 bits per heavy atom. The summed E-state index contributed by atoms with van der Waals surface area (Å²) in [7, 11) is 1.49. The van der Waals surface area contributed by atoms with E-state index >= 15 is 0 Å². The zero-order valence-corrected chi connectivity index (χ0v) is 19.2. The molecule has 0 spiro atoms. The van der Waals surface area contributed by atoms with Crippen molar-refractivity contribution in [1.29, 1.82) is 5.26 Å². The summed E-state index contributed by atoms with van der Waals surface area (Å²) < 4.78 is 11.4. The molecule has 0 fully saturated rings. The second-order valence-corrected chi connectivity index (χ2v) is 7.88. The summed E-state index contributed by atoms with van der Waals surface area (Å²) in [6.07, 6.45) is 1.55. The molecule has 0 unspecified atom stereocenters. The maximum Gasteiger partial charge on any atom is 0.266 e. The number of amides is 1. The van der Waals surface area contributed by atoms with Crippen LogP contribution in [0.2, 0.25) is 5.02 Å². The van der Waals surface area contributed by atoms with Crippen molar-refractivity contribution < 1.29 is 14.3 Å². The Labute approximate surface area is 202 Å². The highest BCUT2D eigenvalue weighted by Crippen LogP contribution is 2.32. The molecule has 0 heterocycles. The van der Waals surface area contributed by atoms with E-state index in [-0.39, 0.29) is 5.57 Å². The van der Waals surface area contributed by atoms with Crippen molar-refractivity contribution in [3.05, 3.63) is 107 Å². The average molecular weight is 469 g/mol. The average Bonchev–Trinajstić information content (AvgIpc) is 2.87. The monoisotopic (exact) mass is 468 g/mol. The third-order valence-corrected chi connectivity index (χ3v) is 5.47. The number of nitriles is 1. The second-order valence-electron chi connectivity index (χ2n) is 7.44. The van der Waals surface area contributed by atoms with Gasteiger partial charge in [-0.05, 0) is 46.7 Å². The summed E-state index contributed by atoms with van der Waals surface area (Å²) in [4.78, 5) is 13.0. The first-order chi connectivity index (χ1) is 16.6. The molecule has 0 aromatic heterocycles. The Balaban J connectivity index is 1.71. The largest absolute Gasteiger partial charge is 0.495 e. The van der Waals surface area contributed by atoms with Crippen LogP contribution in [0.1, 0.15) is 11.1 Å². The van der Waals surface area contributed by atoms with Crippen LogP contribution in [0.3, 0.4) is 0 Å². The summed E-state index contributed by atoms with van der Waals surface area (Å²) >= 11 is 6.07. The highest BCUT2D eigenvalue weighted by atomic mass is 35.5. The van der Waals surface area contributed by atoms with E-state index < -0.39 is 5.91 Å². The van der Waals surface area contributed by atoms with Crippen LogP contribution < -0.4 is 14.8 Å². The van der Waals surface area contributed by atoms with Crippen molar-refractivity contribution in [1.82, 2.24) is 0 Å². The Morgan fingerprint density at radius 1 is 1.00 bits per heavy atom. The number of anilines is 1. The number of carbonyl (C=O) groups excluding carboxylic acids is 1. The highest BCUT2D eigenvalue weighted by molar-refractivity contribution is 6.31. The van der Waals surface area contributed by atoms with E-state index in [0.717, 1.165) is 16.3 Å². The molecule has 0 atom stereocenters. The van der Waals surface area contributed by atoms with E-state index in [2.05, 4.69) is 5.32 Å². The van der Waals surface area contributed by atoms with Crippen molar-refractivity contribution >= 4 is 40.0 Å². The number of rotatable bonds is 7. The molecule has 4 aromatic rings. The van der Waals surface area contributed by atoms with Gasteiger partial charge in [0.15, 0.2) is 0 Å². The number of carbonyl (C=O) groups is 1. The zero-order chi connectivity index (χ0) is 23.9. The van der Waals surface area contributed by atoms with Gasteiger partial charge in [0.1, 0.15) is 29.7 Å². The van der Waals surface area contributed by atoms with Crippen LogP contribution in [0.4, 0.5) is 5.69 Å². The highest BCUT2D eigenvalue weighted by Gasteiger charge is 2.16. The molecule has 5 nitrogen and oxygen atoms in total. The number of benzene rings is 4. The summed E-state index contributed by atoms with van der Waals surface area (Å²) in [5, 5.41) is 14.8. The summed E-state index contributed by atoms with van der Waals surface area (Å²) in [6.45, 7) is 0.355. The lowest BCUT2D eigenvalue weighted by atomic mass is 10.0. The van der Waals surface area contributed by atoms with Gasteiger partial charge in [0.25, 0.3) is 5.91 Å². The zero-order valence-electron chi connectivity index (χ0n) is 18.4. The normalized spacial score (nSPS) is 11.0. The van der Waals surface area contributed by atoms with Crippen LogP contribution >= 0.6 is 11.6 Å². The minimum Gasteiger partial charge on any atom is -0.495 e. The molecule has 34 heavy (non-hydrogen) atoms. The number of hydrogen-bond acceptors (Lipinski definition) is 4. The molecule has 0 radical (unpaired) electrons. The van der Waals surface area contributed by atoms with Gasteiger partial charge < -0.3 is 14.8 Å². The molecule has 0 bridgehead atoms. The number of methoxy groups -OCH3 is 1. The number of halogens is 1. The fourth-order valence-electron chi connectivity index (χ4n) is 3.55. The molecule has 0 saturated carbocycles. The summed E-state index contributed by atoms with van der Waals surface area (Å²) in [5.74, 6) is 0.431. The van der Waals surface area contributed by atoms with Crippen LogP contribution in [0.25, 0.3) is 16.8 Å². The minimum absolute atomic E-state index is 0.0806. The van der Waals surface area contributed by atoms with Gasteiger partial charge in [-0.1, -0.05) is 72.3 Å². The maximum absolute atomic E-state index is 13.0. The maximum atomic E-state index is 13.0. The molecular formula is C28H21ClN2O3. The first-order valence-corrected chi connectivity index (χ1v) is 10.9. The third-order valence-electron chi connectivity index (χ3n) is 5.23. The van der Waals surface area contributed by atoms with E-state index in [1.54, 1.807) is 24.3 Å². The molecule has 1 N–H and O–H groups in total. The van der Waals surface area contributed by atoms with Gasteiger partial charge in [0.05, 0.1) is 12.8 Å². The summed E-state index contributed by atoms with van der Waals surface area (Å²) in [6, 6.07) is 28.2. The molecule has 1 amide bonds. The fourth-order valence-corrected chi connectivity index (χ4v) is 3.72. The molecule has 6 heteroatoms. The molecule has 168 valence electrons. The lowest BCUT2D eigenvalue weighted by molar-refractivity contribution is -0.112. The first kappa shape index (κ1) is 22.9. The summed E-state index contributed by atoms with van der Waals surface area (Å²) in [5.41, 5.74) is 1.96. The predicted octanol–water partition coefficient (Wildman–Crippen LogP) is 6.63. The molecular weight excluding hydrogens is 448 g/mol. The van der Waals surface area contributed by atoms with E-state index in [1.807, 2.05) is 72.8 Å². The Morgan fingerprint density at radius 3 is 2.50 bits per heavy atom. The van der Waals surface area contributed by atoms with E-state index in [0.29, 0.717) is 34.4 Å². The molecule has 0 aliphatic rings. The van der Waals surface area contributed by atoms with E-state index in [9.17, 15) is 10.1 Å². The lowest BCUT2D eigenvalue weighted by Crippen LogP contribution is -2.14. The molecule has 0 saturated heterocycles. The quantitative estimate of drug-likeness (QED) is 0.244.